The molecule has 0 saturated heterocycles. The highest BCUT2D eigenvalue weighted by atomic mass is 16.5. The summed E-state index contributed by atoms with van der Waals surface area (Å²) in [7, 11) is 1.50. The van der Waals surface area contributed by atoms with Gasteiger partial charge >= 0.3 is 5.97 Å². The number of para-hydroxylation sites is 1. The number of aliphatic carboxylic acids is 1. The van der Waals surface area contributed by atoms with E-state index < -0.39 is 11.4 Å². The van der Waals surface area contributed by atoms with Gasteiger partial charge in [0.25, 0.3) is 0 Å². The van der Waals surface area contributed by atoms with Crippen LogP contribution >= 0.6 is 0 Å². The van der Waals surface area contributed by atoms with E-state index in [0.29, 0.717) is 21.7 Å². The maximum absolute atomic E-state index is 11.8. The van der Waals surface area contributed by atoms with Crippen molar-refractivity contribution in [3.8, 4) is 5.75 Å². The minimum atomic E-state index is -1.23. The second-order valence-electron chi connectivity index (χ2n) is 4.52. The Morgan fingerprint density at radius 2 is 2.20 bits per heavy atom. The number of methoxy groups -OCH3 is 1. The second-order valence-corrected chi connectivity index (χ2v) is 4.52. The monoisotopic (exact) mass is 273 g/mol. The fraction of sp³-hybridized carbons (Fsp3) is 0.200. The van der Waals surface area contributed by atoms with Crippen molar-refractivity contribution >= 4 is 12.7 Å². The number of carbonyl (C=O) groups is 1. The molecule has 0 spiro atoms. The number of carboxylic acids is 1. The molecule has 0 amide bonds. The highest BCUT2D eigenvalue weighted by Gasteiger charge is 2.41. The Labute approximate surface area is 116 Å². The molecule has 2 rings (SSSR count). The Kier molecular flexibility index (Phi) is 3.61. The van der Waals surface area contributed by atoms with Crippen molar-refractivity contribution in [2.75, 3.05) is 7.11 Å². The molecule has 0 aromatic heterocycles. The Bertz CT molecular complexity index is 618. The molecule has 1 aliphatic carbocycles. The van der Waals surface area contributed by atoms with Crippen LogP contribution in [0.3, 0.4) is 0 Å². The number of rotatable bonds is 4. The Morgan fingerprint density at radius 3 is 2.70 bits per heavy atom. The van der Waals surface area contributed by atoms with Crippen molar-refractivity contribution in [3.05, 3.63) is 59.0 Å². The molecule has 5 nitrogen and oxygen atoms in total. The molecule has 1 atom stereocenters. The average Bonchev–Trinajstić information content (AvgIpc) is 2.47. The SMILES string of the molecule is C=[N+]([O-])C1=CCC(C(=O)O)(c2ccccc2OC)C=C1. The van der Waals surface area contributed by atoms with Crippen LogP contribution in [0.1, 0.15) is 12.0 Å². The van der Waals surface area contributed by atoms with Gasteiger partial charge in [-0.15, -0.1) is 0 Å². The minimum absolute atomic E-state index is 0.169. The summed E-state index contributed by atoms with van der Waals surface area (Å²) in [5, 5.41) is 20.8. The lowest BCUT2D eigenvalue weighted by Crippen LogP contribution is -2.35. The number of hydroxylamine groups is 1. The normalized spacial score (nSPS) is 21.1. The van der Waals surface area contributed by atoms with Crippen molar-refractivity contribution in [1.82, 2.24) is 0 Å². The first-order valence-corrected chi connectivity index (χ1v) is 6.05. The molecule has 1 aromatic rings. The lowest BCUT2D eigenvalue weighted by Gasteiger charge is -2.29. The van der Waals surface area contributed by atoms with Crippen LogP contribution in [-0.2, 0) is 10.2 Å². The number of hydrogen-bond donors (Lipinski definition) is 1. The lowest BCUT2D eigenvalue weighted by atomic mass is 9.74. The van der Waals surface area contributed by atoms with Gasteiger partial charge in [0.2, 0.25) is 5.70 Å². The third-order valence-electron chi connectivity index (χ3n) is 3.43. The van der Waals surface area contributed by atoms with Gasteiger partial charge in [-0.3, -0.25) is 4.79 Å². The maximum atomic E-state index is 11.8. The highest BCUT2D eigenvalue weighted by Crippen LogP contribution is 2.39. The van der Waals surface area contributed by atoms with Crippen LogP contribution in [0.15, 0.2) is 48.2 Å². The Balaban J connectivity index is 2.52. The predicted molar refractivity (Wildman–Crippen MR) is 74.9 cm³/mol. The van der Waals surface area contributed by atoms with Crippen LogP contribution < -0.4 is 4.74 Å². The zero-order chi connectivity index (χ0) is 14.8. The van der Waals surface area contributed by atoms with Crippen LogP contribution in [0.5, 0.6) is 5.75 Å². The fourth-order valence-electron chi connectivity index (χ4n) is 2.30. The molecule has 5 heteroatoms. The predicted octanol–water partition coefficient (Wildman–Crippen LogP) is 2.07. The van der Waals surface area contributed by atoms with Crippen LogP contribution in [0.25, 0.3) is 0 Å². The van der Waals surface area contributed by atoms with Crippen molar-refractivity contribution in [2.24, 2.45) is 0 Å². The summed E-state index contributed by atoms with van der Waals surface area (Å²) in [6.07, 6.45) is 4.73. The zero-order valence-corrected chi connectivity index (χ0v) is 11.1. The molecule has 104 valence electrons. The van der Waals surface area contributed by atoms with Crippen molar-refractivity contribution in [2.45, 2.75) is 11.8 Å². The molecule has 20 heavy (non-hydrogen) atoms. The van der Waals surface area contributed by atoms with Gasteiger partial charge in [-0.25, -0.2) is 0 Å². The van der Waals surface area contributed by atoms with Gasteiger partial charge in [0.1, 0.15) is 17.9 Å². The molecule has 1 unspecified atom stereocenters. The van der Waals surface area contributed by atoms with E-state index in [4.69, 9.17) is 4.74 Å². The molecule has 1 aliphatic rings. The van der Waals surface area contributed by atoms with Crippen molar-refractivity contribution in [3.63, 3.8) is 0 Å². The molecule has 1 N–H and O–H groups in total. The first-order chi connectivity index (χ1) is 9.51. The number of benzene rings is 1. The van der Waals surface area contributed by atoms with Gasteiger partial charge in [0.15, 0.2) is 0 Å². The first-order valence-electron chi connectivity index (χ1n) is 6.05. The number of ether oxygens (including phenoxy) is 1. The molecular weight excluding hydrogens is 258 g/mol. The number of carboxylic acid groups (broad SMARTS) is 1. The van der Waals surface area contributed by atoms with Crippen LogP contribution in [0.2, 0.25) is 0 Å². The summed E-state index contributed by atoms with van der Waals surface area (Å²) in [6.45, 7) is 3.25. The molecule has 0 aliphatic heterocycles. The number of allylic oxidation sites excluding steroid dienone is 2. The molecular formula is C15H15NO4. The summed E-state index contributed by atoms with van der Waals surface area (Å²) in [6, 6.07) is 6.97. The van der Waals surface area contributed by atoms with Crippen LogP contribution in [-0.4, -0.2) is 29.6 Å². The van der Waals surface area contributed by atoms with Crippen LogP contribution in [0.4, 0.5) is 0 Å². The third kappa shape index (κ3) is 2.18. The molecule has 1 aromatic carbocycles. The van der Waals surface area contributed by atoms with Crippen molar-refractivity contribution < 1.29 is 19.4 Å². The molecule has 0 saturated carbocycles. The number of nitrogens with zero attached hydrogens (tertiary/aromatic N) is 1. The number of hydrogen-bond acceptors (Lipinski definition) is 3. The zero-order valence-electron chi connectivity index (χ0n) is 11.1. The summed E-state index contributed by atoms with van der Waals surface area (Å²) < 4.78 is 5.71. The standard InChI is InChI=1S/C15H15NO4/c1-16(19)11-7-9-15(10-8-11,14(17)18)12-5-3-4-6-13(12)20-2/h3-9H,1,10H2,2H3,(H,17,18). The van der Waals surface area contributed by atoms with E-state index >= 15 is 0 Å². The summed E-state index contributed by atoms with van der Waals surface area (Å²) in [5.41, 5.74) is -0.327. The smallest absolute Gasteiger partial charge is 0.318 e. The van der Waals surface area contributed by atoms with Crippen molar-refractivity contribution in [1.29, 1.82) is 0 Å². The van der Waals surface area contributed by atoms with E-state index in [2.05, 4.69) is 6.72 Å². The van der Waals surface area contributed by atoms with E-state index in [9.17, 15) is 15.1 Å². The van der Waals surface area contributed by atoms with E-state index in [0.717, 1.165) is 0 Å². The van der Waals surface area contributed by atoms with Gasteiger partial charge in [-0.1, -0.05) is 24.3 Å². The molecule has 0 radical (unpaired) electrons. The summed E-state index contributed by atoms with van der Waals surface area (Å²) >= 11 is 0. The summed E-state index contributed by atoms with van der Waals surface area (Å²) in [4.78, 5) is 11.8. The van der Waals surface area contributed by atoms with E-state index in [1.807, 2.05) is 0 Å². The van der Waals surface area contributed by atoms with Gasteiger partial charge in [0.05, 0.1) is 7.11 Å². The van der Waals surface area contributed by atoms with Gasteiger partial charge in [-0.2, -0.15) is 4.74 Å². The van der Waals surface area contributed by atoms with Gasteiger partial charge in [0, 0.05) is 11.6 Å². The van der Waals surface area contributed by atoms with Gasteiger partial charge in [-0.05, 0) is 18.6 Å². The fourth-order valence-corrected chi connectivity index (χ4v) is 2.30. The topological polar surface area (TPSA) is 72.6 Å². The largest absolute Gasteiger partial charge is 0.619 e. The Morgan fingerprint density at radius 1 is 1.50 bits per heavy atom. The maximum Gasteiger partial charge on any atom is 0.318 e. The second kappa shape index (κ2) is 5.21. The first kappa shape index (κ1) is 13.9. The quantitative estimate of drug-likeness (QED) is 0.394. The molecule has 0 fully saturated rings. The van der Waals surface area contributed by atoms with Gasteiger partial charge < -0.3 is 15.1 Å². The lowest BCUT2D eigenvalue weighted by molar-refractivity contribution is -0.385. The molecule has 0 heterocycles. The average molecular weight is 273 g/mol. The van der Waals surface area contributed by atoms with E-state index in [-0.39, 0.29) is 6.42 Å². The van der Waals surface area contributed by atoms with E-state index in [1.54, 1.807) is 30.3 Å². The minimum Gasteiger partial charge on any atom is -0.619 e. The highest BCUT2D eigenvalue weighted by molar-refractivity contribution is 5.86. The van der Waals surface area contributed by atoms with Crippen LogP contribution in [0, 0.1) is 5.21 Å². The molecule has 0 bridgehead atoms. The van der Waals surface area contributed by atoms with E-state index in [1.165, 1.54) is 19.3 Å². The Hall–Kier alpha value is -2.56. The third-order valence-corrected chi connectivity index (χ3v) is 3.43. The summed E-state index contributed by atoms with van der Waals surface area (Å²) in [5.74, 6) is -0.486.